The van der Waals surface area contributed by atoms with Crippen molar-refractivity contribution in [3.8, 4) is 0 Å². The Morgan fingerprint density at radius 1 is 0.952 bits per heavy atom. The lowest BCUT2D eigenvalue weighted by molar-refractivity contribution is 0.303. The molecule has 1 aromatic rings. The first-order valence-electron chi connectivity index (χ1n) is 7.82. The molecule has 0 aliphatic heterocycles. The van der Waals surface area contributed by atoms with Crippen molar-refractivity contribution < 1.29 is 0 Å². The molecule has 1 heterocycles. The molecule has 0 fully saturated rings. The van der Waals surface area contributed by atoms with E-state index in [1.807, 2.05) is 6.92 Å². The van der Waals surface area contributed by atoms with Gasteiger partial charge in [0, 0.05) is 13.1 Å². The first-order valence-corrected chi connectivity index (χ1v) is 7.82. The maximum Gasteiger partial charge on any atom is 0.227 e. The van der Waals surface area contributed by atoms with Crippen LogP contribution in [0.4, 0.5) is 11.9 Å². The molecule has 0 atom stereocenters. The van der Waals surface area contributed by atoms with Crippen LogP contribution in [0.15, 0.2) is 0 Å². The molecular formula is C14H29N7. The molecule has 0 saturated heterocycles. The summed E-state index contributed by atoms with van der Waals surface area (Å²) in [5, 5.41) is 6.43. The summed E-state index contributed by atoms with van der Waals surface area (Å²) in [5.41, 5.74) is 5.47. The van der Waals surface area contributed by atoms with Crippen molar-refractivity contribution in [2.45, 2.75) is 33.6 Å². The summed E-state index contributed by atoms with van der Waals surface area (Å²) in [5.74, 6) is 1.96. The fourth-order valence-corrected chi connectivity index (χ4v) is 1.98. The van der Waals surface area contributed by atoms with E-state index in [1.54, 1.807) is 0 Å². The molecular weight excluding hydrogens is 266 g/mol. The molecule has 0 saturated carbocycles. The second-order valence-electron chi connectivity index (χ2n) is 4.91. The Morgan fingerprint density at radius 2 is 1.52 bits per heavy atom. The zero-order chi connectivity index (χ0) is 15.5. The van der Waals surface area contributed by atoms with E-state index in [9.17, 15) is 0 Å². The number of nitrogens with two attached hydrogens (primary N) is 1. The van der Waals surface area contributed by atoms with Crippen LogP contribution < -0.4 is 16.4 Å². The van der Waals surface area contributed by atoms with Gasteiger partial charge in [-0.15, -0.1) is 0 Å². The molecule has 4 N–H and O–H groups in total. The normalized spacial score (nSPS) is 10.9. The number of nitrogens with one attached hydrogen (secondary N) is 2. The maximum atomic E-state index is 5.47. The Hall–Kier alpha value is -1.47. The van der Waals surface area contributed by atoms with Gasteiger partial charge in [-0.05, 0) is 45.9 Å². The standard InChI is InChI=1S/C14H29N7/c1-4-21(5-2)11-7-10-17-14-19-12(3)18-13(20-14)16-9-6-8-15/h4-11,15H2,1-3H3,(H2,16,17,18,19,20). The second-order valence-corrected chi connectivity index (χ2v) is 4.91. The van der Waals surface area contributed by atoms with Crippen LogP contribution in [0.25, 0.3) is 0 Å². The van der Waals surface area contributed by atoms with Crippen LogP contribution >= 0.6 is 0 Å². The molecule has 0 aliphatic carbocycles. The van der Waals surface area contributed by atoms with Crippen LogP contribution in [0.2, 0.25) is 0 Å². The van der Waals surface area contributed by atoms with Crippen molar-refractivity contribution >= 4 is 11.9 Å². The van der Waals surface area contributed by atoms with Gasteiger partial charge in [0.25, 0.3) is 0 Å². The lowest BCUT2D eigenvalue weighted by Gasteiger charge is -2.17. The lowest BCUT2D eigenvalue weighted by atomic mass is 10.3. The largest absolute Gasteiger partial charge is 0.354 e. The third-order valence-electron chi connectivity index (χ3n) is 3.24. The summed E-state index contributed by atoms with van der Waals surface area (Å²) in [6.07, 6.45) is 1.97. The summed E-state index contributed by atoms with van der Waals surface area (Å²) >= 11 is 0. The van der Waals surface area contributed by atoms with Crippen molar-refractivity contribution in [3.05, 3.63) is 5.82 Å². The number of aromatic nitrogens is 3. The molecule has 7 nitrogen and oxygen atoms in total. The third kappa shape index (κ3) is 7.19. The van der Waals surface area contributed by atoms with E-state index in [0.29, 0.717) is 24.3 Å². The number of hydrogen-bond acceptors (Lipinski definition) is 7. The van der Waals surface area contributed by atoms with Gasteiger partial charge in [-0.2, -0.15) is 15.0 Å². The molecule has 0 radical (unpaired) electrons. The fourth-order valence-electron chi connectivity index (χ4n) is 1.98. The van der Waals surface area contributed by atoms with E-state index in [4.69, 9.17) is 5.73 Å². The fraction of sp³-hybridized carbons (Fsp3) is 0.786. The quantitative estimate of drug-likeness (QED) is 0.526. The number of nitrogens with zero attached hydrogens (tertiary/aromatic N) is 4. The average molecular weight is 295 g/mol. The van der Waals surface area contributed by atoms with E-state index in [1.165, 1.54) is 0 Å². The van der Waals surface area contributed by atoms with Gasteiger partial charge in [-0.1, -0.05) is 13.8 Å². The van der Waals surface area contributed by atoms with Crippen molar-refractivity contribution in [1.82, 2.24) is 19.9 Å². The summed E-state index contributed by atoms with van der Waals surface area (Å²) in [4.78, 5) is 15.3. The summed E-state index contributed by atoms with van der Waals surface area (Å²) < 4.78 is 0. The minimum absolute atomic E-state index is 0.613. The van der Waals surface area contributed by atoms with Gasteiger partial charge in [0.15, 0.2) is 0 Å². The minimum atomic E-state index is 0.613. The highest BCUT2D eigenvalue weighted by molar-refractivity contribution is 5.34. The maximum absolute atomic E-state index is 5.47. The third-order valence-corrected chi connectivity index (χ3v) is 3.24. The summed E-state index contributed by atoms with van der Waals surface area (Å²) in [6.45, 7) is 11.8. The van der Waals surface area contributed by atoms with Gasteiger partial charge in [-0.25, -0.2) is 0 Å². The molecule has 0 bridgehead atoms. The molecule has 0 amide bonds. The highest BCUT2D eigenvalue weighted by Crippen LogP contribution is 2.05. The van der Waals surface area contributed by atoms with Crippen LogP contribution in [-0.4, -0.2) is 59.1 Å². The van der Waals surface area contributed by atoms with E-state index in [0.717, 1.165) is 45.6 Å². The van der Waals surface area contributed by atoms with E-state index in [-0.39, 0.29) is 0 Å². The Labute approximate surface area is 127 Å². The second kappa shape index (κ2) is 10.3. The molecule has 1 rings (SSSR count). The van der Waals surface area contributed by atoms with Gasteiger partial charge in [0.1, 0.15) is 5.82 Å². The van der Waals surface area contributed by atoms with Crippen molar-refractivity contribution in [1.29, 1.82) is 0 Å². The first kappa shape index (κ1) is 17.6. The van der Waals surface area contributed by atoms with Crippen LogP contribution in [0.3, 0.4) is 0 Å². The zero-order valence-corrected chi connectivity index (χ0v) is 13.5. The minimum Gasteiger partial charge on any atom is -0.354 e. The Balaban J connectivity index is 2.40. The monoisotopic (exact) mass is 295 g/mol. The van der Waals surface area contributed by atoms with Gasteiger partial charge >= 0.3 is 0 Å². The summed E-state index contributed by atoms with van der Waals surface area (Å²) in [6, 6.07) is 0. The number of anilines is 2. The molecule has 0 spiro atoms. The molecule has 0 aliphatic rings. The van der Waals surface area contributed by atoms with Crippen LogP contribution in [0, 0.1) is 6.92 Å². The zero-order valence-electron chi connectivity index (χ0n) is 13.5. The molecule has 1 aromatic heterocycles. The molecule has 21 heavy (non-hydrogen) atoms. The Morgan fingerprint density at radius 3 is 2.05 bits per heavy atom. The number of aryl methyl sites for hydroxylation is 1. The molecule has 0 aromatic carbocycles. The molecule has 0 unspecified atom stereocenters. The van der Waals surface area contributed by atoms with Crippen molar-refractivity contribution in [2.75, 3.05) is 49.9 Å². The number of hydrogen-bond donors (Lipinski definition) is 3. The van der Waals surface area contributed by atoms with Gasteiger partial charge in [-0.3, -0.25) is 0 Å². The van der Waals surface area contributed by atoms with Gasteiger partial charge in [0.05, 0.1) is 0 Å². The Bertz CT molecular complexity index is 393. The predicted octanol–water partition coefficient (Wildman–Crippen LogP) is 1.08. The SMILES string of the molecule is CCN(CC)CCCNc1nc(C)nc(NCCCN)n1. The van der Waals surface area contributed by atoms with Crippen LogP contribution in [0.5, 0.6) is 0 Å². The average Bonchev–Trinajstić information content (AvgIpc) is 2.47. The predicted molar refractivity (Wildman–Crippen MR) is 87.6 cm³/mol. The van der Waals surface area contributed by atoms with Crippen LogP contribution in [0.1, 0.15) is 32.5 Å². The smallest absolute Gasteiger partial charge is 0.227 e. The van der Waals surface area contributed by atoms with Crippen molar-refractivity contribution in [2.24, 2.45) is 5.73 Å². The lowest BCUT2D eigenvalue weighted by Crippen LogP contribution is -2.25. The summed E-state index contributed by atoms with van der Waals surface area (Å²) in [7, 11) is 0. The highest BCUT2D eigenvalue weighted by atomic mass is 15.2. The first-order chi connectivity index (χ1) is 10.2. The topological polar surface area (TPSA) is 92.0 Å². The van der Waals surface area contributed by atoms with Gasteiger partial charge in [0.2, 0.25) is 11.9 Å². The molecule has 7 heteroatoms. The number of rotatable bonds is 11. The van der Waals surface area contributed by atoms with Crippen molar-refractivity contribution in [3.63, 3.8) is 0 Å². The van der Waals surface area contributed by atoms with E-state index < -0.39 is 0 Å². The molecule has 120 valence electrons. The van der Waals surface area contributed by atoms with Gasteiger partial charge < -0.3 is 21.3 Å². The van der Waals surface area contributed by atoms with E-state index in [2.05, 4.69) is 44.3 Å². The highest BCUT2D eigenvalue weighted by Gasteiger charge is 2.03. The Kier molecular flexibility index (Phi) is 8.61. The van der Waals surface area contributed by atoms with E-state index >= 15 is 0 Å². The van der Waals surface area contributed by atoms with Crippen LogP contribution in [-0.2, 0) is 0 Å².